The Kier molecular flexibility index (Phi) is 3.80. The van der Waals surface area contributed by atoms with Gasteiger partial charge in [0.25, 0.3) is 0 Å². The molecule has 0 aromatic heterocycles. The van der Waals surface area contributed by atoms with Crippen molar-refractivity contribution in [2.45, 2.75) is 39.5 Å². The van der Waals surface area contributed by atoms with Gasteiger partial charge in [0.15, 0.2) is 5.78 Å². The van der Waals surface area contributed by atoms with Gasteiger partial charge >= 0.3 is 0 Å². The summed E-state index contributed by atoms with van der Waals surface area (Å²) in [5, 5.41) is 0. The first-order valence-corrected chi connectivity index (χ1v) is 6.57. The van der Waals surface area contributed by atoms with Gasteiger partial charge in [-0.05, 0) is 36.6 Å². The number of hydrogen-bond donors (Lipinski definition) is 0. The summed E-state index contributed by atoms with van der Waals surface area (Å²) >= 11 is 0. The maximum absolute atomic E-state index is 11.9. The molecule has 0 N–H and O–H groups in total. The van der Waals surface area contributed by atoms with Crippen LogP contribution in [-0.4, -0.2) is 18.2 Å². The zero-order chi connectivity index (χ0) is 13.1. The van der Waals surface area contributed by atoms with Crippen LogP contribution in [0.5, 0.6) is 0 Å². The van der Waals surface area contributed by atoms with Crippen molar-refractivity contribution in [2.75, 3.05) is 11.4 Å². The molecular weight excluding hydrogens is 226 g/mol. The normalized spacial score (nSPS) is 13.6. The number of amides is 1. The summed E-state index contributed by atoms with van der Waals surface area (Å²) in [6, 6.07) is 5.71. The van der Waals surface area contributed by atoms with E-state index >= 15 is 0 Å². The van der Waals surface area contributed by atoms with Crippen LogP contribution in [0.2, 0.25) is 0 Å². The number of carbonyl (C=O) groups is 2. The minimum atomic E-state index is 0.0683. The molecule has 3 nitrogen and oxygen atoms in total. The Bertz CT molecular complexity index is 479. The molecule has 18 heavy (non-hydrogen) atoms. The number of benzene rings is 1. The van der Waals surface area contributed by atoms with E-state index in [2.05, 4.69) is 6.92 Å². The largest absolute Gasteiger partial charge is 0.312 e. The van der Waals surface area contributed by atoms with E-state index in [9.17, 15) is 9.59 Å². The summed E-state index contributed by atoms with van der Waals surface area (Å²) in [7, 11) is 0. The molecule has 0 fully saturated rings. The Morgan fingerprint density at radius 1 is 1.33 bits per heavy atom. The highest BCUT2D eigenvalue weighted by Gasteiger charge is 2.22. The maximum Gasteiger partial charge on any atom is 0.223 e. The van der Waals surface area contributed by atoms with Gasteiger partial charge in [-0.2, -0.15) is 0 Å². The number of Topliss-reactive ketones (excluding diaryl/α,β-unsaturated/α-hetero) is 1. The van der Waals surface area contributed by atoms with Gasteiger partial charge in [0.05, 0.1) is 0 Å². The molecule has 1 aromatic rings. The molecule has 0 aliphatic carbocycles. The number of fused-ring (bicyclic) bond motifs is 1. The monoisotopic (exact) mass is 245 g/mol. The highest BCUT2D eigenvalue weighted by molar-refractivity contribution is 5.98. The lowest BCUT2D eigenvalue weighted by atomic mass is 10.0. The molecular formula is C15H19NO2. The van der Waals surface area contributed by atoms with Gasteiger partial charge in [-0.15, -0.1) is 0 Å². The molecule has 1 aliphatic heterocycles. The van der Waals surface area contributed by atoms with Crippen molar-refractivity contribution in [1.29, 1.82) is 0 Å². The van der Waals surface area contributed by atoms with Crippen molar-refractivity contribution in [1.82, 2.24) is 0 Å². The molecule has 96 valence electrons. The van der Waals surface area contributed by atoms with E-state index in [1.165, 1.54) is 0 Å². The van der Waals surface area contributed by atoms with Crippen LogP contribution < -0.4 is 4.90 Å². The minimum absolute atomic E-state index is 0.0683. The van der Waals surface area contributed by atoms with Crippen LogP contribution in [0.15, 0.2) is 18.2 Å². The standard InChI is InChI=1S/C15H19NO2/c1-3-4-5-15(18)13-6-7-14-12(10-13)8-9-16(14)11(2)17/h6-7,10H,3-5,8-9H2,1-2H3. The van der Waals surface area contributed by atoms with E-state index in [0.717, 1.165) is 42.6 Å². The fraction of sp³-hybridized carbons (Fsp3) is 0.467. The number of nitrogens with zero attached hydrogens (tertiary/aromatic N) is 1. The third-order valence-electron chi connectivity index (χ3n) is 3.43. The third-order valence-corrected chi connectivity index (χ3v) is 3.43. The summed E-state index contributed by atoms with van der Waals surface area (Å²) < 4.78 is 0. The van der Waals surface area contributed by atoms with Crippen molar-refractivity contribution < 1.29 is 9.59 Å². The molecule has 1 heterocycles. The number of carbonyl (C=O) groups excluding carboxylic acids is 2. The Hall–Kier alpha value is -1.64. The van der Waals surface area contributed by atoms with Crippen LogP contribution in [0.25, 0.3) is 0 Å². The van der Waals surface area contributed by atoms with Gasteiger partial charge in [0.1, 0.15) is 0 Å². The lowest BCUT2D eigenvalue weighted by molar-refractivity contribution is -0.116. The van der Waals surface area contributed by atoms with E-state index in [1.54, 1.807) is 11.8 Å². The molecule has 0 saturated heterocycles. The highest BCUT2D eigenvalue weighted by atomic mass is 16.2. The molecule has 0 atom stereocenters. The summed E-state index contributed by atoms with van der Waals surface area (Å²) in [6.45, 7) is 4.40. The SMILES string of the molecule is CCCCC(=O)c1ccc2c(c1)CCN2C(C)=O. The predicted octanol–water partition coefficient (Wildman–Crippen LogP) is 2.97. The number of unbranched alkanes of at least 4 members (excludes halogenated alkanes) is 1. The van der Waals surface area contributed by atoms with Gasteiger partial charge < -0.3 is 4.90 Å². The summed E-state index contributed by atoms with van der Waals surface area (Å²) in [5.74, 6) is 0.278. The van der Waals surface area contributed by atoms with E-state index in [-0.39, 0.29) is 11.7 Å². The lowest BCUT2D eigenvalue weighted by Gasteiger charge is -2.14. The van der Waals surface area contributed by atoms with Crippen molar-refractivity contribution in [3.8, 4) is 0 Å². The molecule has 3 heteroatoms. The Morgan fingerprint density at radius 2 is 2.11 bits per heavy atom. The smallest absolute Gasteiger partial charge is 0.223 e. The van der Waals surface area contributed by atoms with Gasteiger partial charge in [-0.3, -0.25) is 9.59 Å². The van der Waals surface area contributed by atoms with Gasteiger partial charge in [0.2, 0.25) is 5.91 Å². The van der Waals surface area contributed by atoms with E-state index in [4.69, 9.17) is 0 Å². The fourth-order valence-corrected chi connectivity index (χ4v) is 2.38. The molecule has 0 spiro atoms. The van der Waals surface area contributed by atoms with Crippen LogP contribution in [-0.2, 0) is 11.2 Å². The number of anilines is 1. The first kappa shape index (κ1) is 12.8. The second-order valence-corrected chi connectivity index (χ2v) is 4.79. The van der Waals surface area contributed by atoms with E-state index in [0.29, 0.717) is 6.42 Å². The summed E-state index contributed by atoms with van der Waals surface area (Å²) in [5.41, 5.74) is 2.87. The van der Waals surface area contributed by atoms with Crippen LogP contribution in [0, 0.1) is 0 Å². The highest BCUT2D eigenvalue weighted by Crippen LogP contribution is 2.29. The molecule has 1 amide bonds. The topological polar surface area (TPSA) is 37.4 Å². The van der Waals surface area contributed by atoms with Crippen LogP contribution >= 0.6 is 0 Å². The number of hydrogen-bond acceptors (Lipinski definition) is 2. The first-order valence-electron chi connectivity index (χ1n) is 6.57. The van der Waals surface area contributed by atoms with Gasteiger partial charge in [-0.25, -0.2) is 0 Å². The molecule has 0 bridgehead atoms. The zero-order valence-electron chi connectivity index (χ0n) is 11.0. The van der Waals surface area contributed by atoms with Crippen molar-refractivity contribution in [3.05, 3.63) is 29.3 Å². The molecule has 1 aromatic carbocycles. The number of ketones is 1. The van der Waals surface area contributed by atoms with Gasteiger partial charge in [-0.1, -0.05) is 13.3 Å². The second kappa shape index (κ2) is 5.34. The molecule has 1 aliphatic rings. The first-order chi connectivity index (χ1) is 8.63. The average Bonchev–Trinajstić information content (AvgIpc) is 2.78. The van der Waals surface area contributed by atoms with Crippen LogP contribution in [0.3, 0.4) is 0 Å². The van der Waals surface area contributed by atoms with Gasteiger partial charge in [0, 0.05) is 31.1 Å². The van der Waals surface area contributed by atoms with Crippen molar-refractivity contribution in [3.63, 3.8) is 0 Å². The van der Waals surface area contributed by atoms with Crippen molar-refractivity contribution in [2.24, 2.45) is 0 Å². The molecule has 0 radical (unpaired) electrons. The summed E-state index contributed by atoms with van der Waals surface area (Å²) in [6.07, 6.45) is 3.44. The molecule has 0 saturated carbocycles. The van der Waals surface area contributed by atoms with E-state index in [1.807, 2.05) is 18.2 Å². The molecule has 2 rings (SSSR count). The third kappa shape index (κ3) is 2.45. The Balaban J connectivity index is 2.19. The zero-order valence-corrected chi connectivity index (χ0v) is 11.0. The maximum atomic E-state index is 11.9. The Labute approximate surface area is 108 Å². The van der Waals surface area contributed by atoms with Crippen LogP contribution in [0.4, 0.5) is 5.69 Å². The number of rotatable bonds is 4. The minimum Gasteiger partial charge on any atom is -0.312 e. The molecule has 0 unspecified atom stereocenters. The van der Waals surface area contributed by atoms with Crippen molar-refractivity contribution >= 4 is 17.4 Å². The average molecular weight is 245 g/mol. The Morgan fingerprint density at radius 3 is 2.78 bits per heavy atom. The lowest BCUT2D eigenvalue weighted by Crippen LogP contribution is -2.25. The quantitative estimate of drug-likeness (QED) is 0.765. The van der Waals surface area contributed by atoms with Crippen LogP contribution in [0.1, 0.15) is 49.0 Å². The fourth-order valence-electron chi connectivity index (χ4n) is 2.38. The summed E-state index contributed by atoms with van der Waals surface area (Å²) in [4.78, 5) is 25.1. The predicted molar refractivity (Wildman–Crippen MR) is 72.0 cm³/mol. The second-order valence-electron chi connectivity index (χ2n) is 4.79. The van der Waals surface area contributed by atoms with E-state index < -0.39 is 0 Å².